The van der Waals surface area contributed by atoms with Crippen molar-refractivity contribution >= 4 is 57.8 Å². The maximum Gasteiger partial charge on any atom is 0.288 e. The van der Waals surface area contributed by atoms with Crippen molar-refractivity contribution in [1.82, 2.24) is 0 Å². The molecular weight excluding hydrogens is 583 g/mol. The zero-order valence-corrected chi connectivity index (χ0v) is 24.0. The van der Waals surface area contributed by atoms with E-state index in [-0.39, 0.29) is 34.3 Å². The zero-order chi connectivity index (χ0) is 30.6. The lowest BCUT2D eigenvalue weighted by Gasteiger charge is -2.30. The Morgan fingerprint density at radius 1 is 0.643 bits per heavy atom. The van der Waals surface area contributed by atoms with Crippen molar-refractivity contribution in [3.05, 3.63) is 137 Å². The molecule has 4 rings (SSSR count). The molecule has 0 saturated carbocycles. The summed E-state index contributed by atoms with van der Waals surface area (Å²) in [5, 5.41) is 22.8. The third-order valence-electron chi connectivity index (χ3n) is 6.63. The molecule has 0 bridgehead atoms. The maximum atomic E-state index is 13.9. The molecule has 4 aromatic carbocycles. The summed E-state index contributed by atoms with van der Waals surface area (Å²) >= 11 is 12.0. The lowest BCUT2D eigenvalue weighted by molar-refractivity contribution is -0.384. The minimum Gasteiger partial charge on any atom is -0.306 e. The number of amides is 2. The number of nitro groups is 2. The van der Waals surface area contributed by atoms with E-state index in [1.807, 2.05) is 38.1 Å². The Morgan fingerprint density at radius 2 is 1.00 bits per heavy atom. The third kappa shape index (κ3) is 6.40. The SMILES string of the molecule is Cc1ccccc1N(CCN(C(=O)c1ccc(Cl)c([N+](=O)[O-])c1)c1ccccc1C)C(=O)c1ccc(Cl)c([N+](=O)[O-])c1. The summed E-state index contributed by atoms with van der Waals surface area (Å²) in [4.78, 5) is 52.3. The molecule has 0 heterocycles. The molecule has 12 heteroatoms. The summed E-state index contributed by atoms with van der Waals surface area (Å²) in [5.41, 5.74) is 1.86. The van der Waals surface area contributed by atoms with Crippen molar-refractivity contribution in [2.45, 2.75) is 13.8 Å². The van der Waals surface area contributed by atoms with Crippen LogP contribution >= 0.6 is 23.2 Å². The molecule has 10 nitrogen and oxygen atoms in total. The standard InChI is InChI=1S/C30H24Cl2N4O6/c1-19-7-3-5-9-25(19)33(29(37)21-11-13-23(31)27(17-21)35(39)40)15-16-34(26-10-6-4-8-20(26)2)30(38)22-12-14-24(32)28(18-22)36(41)42/h3-14,17-18H,15-16H2,1-2H3. The number of hydrogen-bond donors (Lipinski definition) is 0. The summed E-state index contributed by atoms with van der Waals surface area (Å²) in [6.45, 7) is 3.60. The fraction of sp³-hybridized carbons (Fsp3) is 0.133. The van der Waals surface area contributed by atoms with Gasteiger partial charge >= 0.3 is 0 Å². The molecule has 0 fully saturated rings. The van der Waals surface area contributed by atoms with Crippen LogP contribution in [0.25, 0.3) is 0 Å². The number of nitro benzene ring substituents is 2. The first kappa shape index (κ1) is 30.2. The van der Waals surface area contributed by atoms with Crippen LogP contribution in [0.1, 0.15) is 31.8 Å². The highest BCUT2D eigenvalue weighted by atomic mass is 35.5. The minimum atomic E-state index is -0.666. The van der Waals surface area contributed by atoms with Crippen LogP contribution < -0.4 is 9.80 Å². The number of halogens is 2. The first-order valence-electron chi connectivity index (χ1n) is 12.6. The van der Waals surface area contributed by atoms with Crippen molar-refractivity contribution in [2.24, 2.45) is 0 Å². The lowest BCUT2D eigenvalue weighted by atomic mass is 10.1. The highest BCUT2D eigenvalue weighted by molar-refractivity contribution is 6.33. The van der Waals surface area contributed by atoms with Gasteiger partial charge in [0.25, 0.3) is 23.2 Å². The molecule has 0 aliphatic carbocycles. The number of aryl methyl sites for hydroxylation is 2. The van der Waals surface area contributed by atoms with E-state index >= 15 is 0 Å². The Labute approximate surface area is 251 Å². The Bertz CT molecular complexity index is 1590. The maximum absolute atomic E-state index is 13.9. The van der Waals surface area contributed by atoms with Crippen LogP contribution in [0.4, 0.5) is 22.7 Å². The Morgan fingerprint density at radius 3 is 1.33 bits per heavy atom. The van der Waals surface area contributed by atoms with Gasteiger partial charge in [0, 0.05) is 47.7 Å². The van der Waals surface area contributed by atoms with Gasteiger partial charge in [-0.1, -0.05) is 59.6 Å². The zero-order valence-electron chi connectivity index (χ0n) is 22.5. The number of benzene rings is 4. The first-order valence-corrected chi connectivity index (χ1v) is 13.4. The average molecular weight is 607 g/mol. The van der Waals surface area contributed by atoms with E-state index in [9.17, 15) is 29.8 Å². The summed E-state index contributed by atoms with van der Waals surface area (Å²) in [6.07, 6.45) is 0. The number of para-hydroxylation sites is 2. The van der Waals surface area contributed by atoms with E-state index in [4.69, 9.17) is 23.2 Å². The van der Waals surface area contributed by atoms with E-state index in [1.165, 1.54) is 34.1 Å². The van der Waals surface area contributed by atoms with Crippen molar-refractivity contribution in [3.63, 3.8) is 0 Å². The molecule has 2 amide bonds. The molecule has 214 valence electrons. The summed E-state index contributed by atoms with van der Waals surface area (Å²) < 4.78 is 0. The number of anilines is 2. The highest BCUT2D eigenvalue weighted by Gasteiger charge is 2.27. The Balaban J connectivity index is 1.77. The number of rotatable bonds is 9. The van der Waals surface area contributed by atoms with Crippen LogP contribution in [0, 0.1) is 34.1 Å². The topological polar surface area (TPSA) is 127 Å². The molecule has 0 unspecified atom stereocenters. The Kier molecular flexibility index (Phi) is 9.19. The monoisotopic (exact) mass is 606 g/mol. The minimum absolute atomic E-state index is 0.0180. The normalized spacial score (nSPS) is 10.7. The lowest BCUT2D eigenvalue weighted by Crippen LogP contribution is -2.42. The molecule has 4 aromatic rings. The molecule has 0 N–H and O–H groups in total. The van der Waals surface area contributed by atoms with Gasteiger partial charge in [0.1, 0.15) is 10.0 Å². The number of carbonyl (C=O) groups excluding carboxylic acids is 2. The molecule has 0 aliphatic heterocycles. The smallest absolute Gasteiger partial charge is 0.288 e. The van der Waals surface area contributed by atoms with Crippen LogP contribution in [0.5, 0.6) is 0 Å². The molecule has 0 radical (unpaired) electrons. The van der Waals surface area contributed by atoms with Gasteiger partial charge in [-0.15, -0.1) is 0 Å². The van der Waals surface area contributed by atoms with Crippen molar-refractivity contribution < 1.29 is 19.4 Å². The molecular formula is C30H24Cl2N4O6. The van der Waals surface area contributed by atoms with Crippen molar-refractivity contribution in [2.75, 3.05) is 22.9 Å². The van der Waals surface area contributed by atoms with Gasteiger partial charge in [-0.3, -0.25) is 29.8 Å². The predicted molar refractivity (Wildman–Crippen MR) is 162 cm³/mol. The predicted octanol–water partition coefficient (Wildman–Crippen LogP) is 7.42. The second kappa shape index (κ2) is 12.8. The fourth-order valence-electron chi connectivity index (χ4n) is 4.48. The van der Waals surface area contributed by atoms with Gasteiger partial charge in [-0.25, -0.2) is 0 Å². The number of carbonyl (C=O) groups is 2. The summed E-state index contributed by atoms with van der Waals surface area (Å²) in [6, 6.07) is 21.9. The Hall–Kier alpha value is -4.80. The van der Waals surface area contributed by atoms with E-state index in [1.54, 1.807) is 24.3 Å². The van der Waals surface area contributed by atoms with Gasteiger partial charge in [-0.05, 0) is 61.4 Å². The van der Waals surface area contributed by atoms with Crippen LogP contribution in [0.15, 0.2) is 84.9 Å². The molecule has 42 heavy (non-hydrogen) atoms. The van der Waals surface area contributed by atoms with Crippen molar-refractivity contribution in [1.29, 1.82) is 0 Å². The van der Waals surface area contributed by atoms with Crippen LogP contribution in [-0.4, -0.2) is 34.8 Å². The van der Waals surface area contributed by atoms with Gasteiger partial charge in [0.05, 0.1) is 9.85 Å². The quantitative estimate of drug-likeness (QED) is 0.144. The molecule has 0 spiro atoms. The third-order valence-corrected chi connectivity index (χ3v) is 7.27. The second-order valence-electron chi connectivity index (χ2n) is 9.33. The average Bonchev–Trinajstić information content (AvgIpc) is 2.96. The fourth-order valence-corrected chi connectivity index (χ4v) is 4.85. The van der Waals surface area contributed by atoms with E-state index in [0.717, 1.165) is 23.3 Å². The van der Waals surface area contributed by atoms with Crippen LogP contribution in [0.2, 0.25) is 10.0 Å². The van der Waals surface area contributed by atoms with E-state index < -0.39 is 33.0 Å². The van der Waals surface area contributed by atoms with Gasteiger partial charge in [-0.2, -0.15) is 0 Å². The van der Waals surface area contributed by atoms with E-state index in [2.05, 4.69) is 0 Å². The summed E-state index contributed by atoms with van der Waals surface area (Å²) in [5.74, 6) is -1.08. The largest absolute Gasteiger partial charge is 0.306 e. The van der Waals surface area contributed by atoms with Crippen LogP contribution in [-0.2, 0) is 0 Å². The molecule has 0 saturated heterocycles. The summed E-state index contributed by atoms with van der Waals surface area (Å²) in [7, 11) is 0. The highest BCUT2D eigenvalue weighted by Crippen LogP contribution is 2.30. The van der Waals surface area contributed by atoms with Crippen molar-refractivity contribution in [3.8, 4) is 0 Å². The van der Waals surface area contributed by atoms with Gasteiger partial charge < -0.3 is 9.80 Å². The molecule has 0 aromatic heterocycles. The van der Waals surface area contributed by atoms with Gasteiger partial charge in [0.2, 0.25) is 0 Å². The second-order valence-corrected chi connectivity index (χ2v) is 10.1. The number of hydrogen-bond acceptors (Lipinski definition) is 6. The molecule has 0 aliphatic rings. The van der Waals surface area contributed by atoms with E-state index in [0.29, 0.717) is 11.4 Å². The van der Waals surface area contributed by atoms with Crippen LogP contribution in [0.3, 0.4) is 0 Å². The first-order chi connectivity index (χ1) is 20.0. The van der Waals surface area contributed by atoms with Gasteiger partial charge in [0.15, 0.2) is 0 Å². The molecule has 0 atom stereocenters. The number of nitrogens with zero attached hydrogens (tertiary/aromatic N) is 4.